The normalized spacial score (nSPS) is 11.2. The predicted octanol–water partition coefficient (Wildman–Crippen LogP) is 3.45. The molecule has 2 rings (SSSR count). The van der Waals surface area contributed by atoms with Gasteiger partial charge in [-0.3, -0.25) is 0 Å². The fraction of sp³-hybridized carbons (Fsp3) is 0.350. The van der Waals surface area contributed by atoms with Crippen LogP contribution in [0.3, 0.4) is 0 Å². The van der Waals surface area contributed by atoms with Crippen molar-refractivity contribution in [3.8, 4) is 5.75 Å². The third kappa shape index (κ3) is 6.37. The second-order valence-electron chi connectivity index (χ2n) is 6.05. The predicted molar refractivity (Wildman–Crippen MR) is 102 cm³/mol. The van der Waals surface area contributed by atoms with E-state index < -0.39 is 0 Å². The van der Waals surface area contributed by atoms with Gasteiger partial charge in [0.2, 0.25) is 0 Å². The third-order valence-corrected chi connectivity index (χ3v) is 3.65. The summed E-state index contributed by atoms with van der Waals surface area (Å²) in [6, 6.07) is 10.0. The number of guanidine groups is 1. The summed E-state index contributed by atoms with van der Waals surface area (Å²) in [7, 11) is 1.68. The molecule has 5 heteroatoms. The van der Waals surface area contributed by atoms with Gasteiger partial charge in [-0.2, -0.15) is 0 Å². The van der Waals surface area contributed by atoms with Gasteiger partial charge in [-0.25, -0.2) is 4.99 Å². The van der Waals surface area contributed by atoms with Gasteiger partial charge in [0.05, 0.1) is 19.9 Å². The molecule has 134 valence electrons. The van der Waals surface area contributed by atoms with E-state index in [0.717, 1.165) is 41.6 Å². The van der Waals surface area contributed by atoms with Crippen LogP contribution in [0.4, 0.5) is 0 Å². The van der Waals surface area contributed by atoms with Gasteiger partial charge in [0.15, 0.2) is 5.96 Å². The maximum atomic E-state index is 5.45. The van der Waals surface area contributed by atoms with Gasteiger partial charge in [-0.05, 0) is 37.6 Å². The number of benzene rings is 1. The number of ether oxygens (including phenoxy) is 1. The summed E-state index contributed by atoms with van der Waals surface area (Å²) in [6.45, 7) is 9.91. The molecule has 1 aromatic carbocycles. The molecule has 0 bridgehead atoms. The van der Waals surface area contributed by atoms with Crippen LogP contribution < -0.4 is 15.4 Å². The smallest absolute Gasteiger partial charge is 0.191 e. The maximum absolute atomic E-state index is 5.45. The molecule has 0 radical (unpaired) electrons. The minimum atomic E-state index is 0.537. The Morgan fingerprint density at radius 3 is 2.80 bits per heavy atom. The fourth-order valence-corrected chi connectivity index (χ4v) is 2.31. The van der Waals surface area contributed by atoms with Crippen molar-refractivity contribution >= 4 is 5.96 Å². The molecule has 5 nitrogen and oxygen atoms in total. The zero-order chi connectivity index (χ0) is 18.1. The molecule has 0 aliphatic heterocycles. The highest BCUT2D eigenvalue weighted by Gasteiger charge is 2.05. The molecule has 0 aliphatic carbocycles. The second kappa shape index (κ2) is 9.57. The first-order valence-corrected chi connectivity index (χ1v) is 8.41. The SMILES string of the molecule is C=C(C)CNC(=NCc1ccc(C)cc1OC)NCCc1ccco1. The van der Waals surface area contributed by atoms with Gasteiger partial charge >= 0.3 is 0 Å². The molecule has 0 spiro atoms. The van der Waals surface area contributed by atoms with Crippen molar-refractivity contribution in [2.75, 3.05) is 20.2 Å². The molecule has 0 atom stereocenters. The van der Waals surface area contributed by atoms with Gasteiger partial charge in [0.25, 0.3) is 0 Å². The van der Waals surface area contributed by atoms with Gasteiger partial charge in [0, 0.05) is 25.1 Å². The van der Waals surface area contributed by atoms with E-state index in [9.17, 15) is 0 Å². The Kier molecular flexibility index (Phi) is 7.14. The van der Waals surface area contributed by atoms with E-state index in [1.54, 1.807) is 13.4 Å². The van der Waals surface area contributed by atoms with E-state index in [1.165, 1.54) is 5.56 Å². The number of furan rings is 1. The highest BCUT2D eigenvalue weighted by molar-refractivity contribution is 5.80. The average Bonchev–Trinajstić information content (AvgIpc) is 3.10. The lowest BCUT2D eigenvalue weighted by molar-refractivity contribution is 0.409. The van der Waals surface area contributed by atoms with Gasteiger partial charge in [0.1, 0.15) is 11.5 Å². The van der Waals surface area contributed by atoms with Crippen molar-refractivity contribution in [2.45, 2.75) is 26.8 Å². The van der Waals surface area contributed by atoms with Crippen LogP contribution in [0.15, 0.2) is 58.2 Å². The zero-order valence-electron chi connectivity index (χ0n) is 15.3. The van der Waals surface area contributed by atoms with Crippen LogP contribution in [0, 0.1) is 6.92 Å². The number of aliphatic imine (C=N–C) groups is 1. The van der Waals surface area contributed by atoms with Crippen LogP contribution in [-0.4, -0.2) is 26.2 Å². The van der Waals surface area contributed by atoms with Crippen molar-refractivity contribution in [3.05, 3.63) is 65.6 Å². The fourth-order valence-electron chi connectivity index (χ4n) is 2.31. The minimum Gasteiger partial charge on any atom is -0.496 e. The first kappa shape index (κ1) is 18.6. The summed E-state index contributed by atoms with van der Waals surface area (Å²) < 4.78 is 10.8. The topological polar surface area (TPSA) is 58.8 Å². The molecule has 1 aromatic heterocycles. The first-order chi connectivity index (χ1) is 12.1. The van der Waals surface area contributed by atoms with Gasteiger partial charge < -0.3 is 19.8 Å². The number of nitrogens with one attached hydrogen (secondary N) is 2. The number of hydrogen-bond donors (Lipinski definition) is 2. The highest BCUT2D eigenvalue weighted by atomic mass is 16.5. The lowest BCUT2D eigenvalue weighted by Gasteiger charge is -2.13. The van der Waals surface area contributed by atoms with E-state index in [2.05, 4.69) is 34.3 Å². The van der Waals surface area contributed by atoms with E-state index in [4.69, 9.17) is 9.15 Å². The van der Waals surface area contributed by atoms with Crippen LogP contribution in [0.5, 0.6) is 5.75 Å². The van der Waals surface area contributed by atoms with Crippen LogP contribution in [0.2, 0.25) is 0 Å². The Hall–Kier alpha value is -2.69. The number of nitrogens with zero attached hydrogens (tertiary/aromatic N) is 1. The first-order valence-electron chi connectivity index (χ1n) is 8.41. The summed E-state index contributed by atoms with van der Waals surface area (Å²) >= 11 is 0. The molecule has 2 N–H and O–H groups in total. The number of rotatable bonds is 8. The largest absolute Gasteiger partial charge is 0.496 e. The molecule has 0 saturated heterocycles. The van der Waals surface area contributed by atoms with Crippen molar-refractivity contribution in [2.24, 2.45) is 4.99 Å². The van der Waals surface area contributed by atoms with Crippen LogP contribution in [0.1, 0.15) is 23.8 Å². The lowest BCUT2D eigenvalue weighted by atomic mass is 10.1. The summed E-state index contributed by atoms with van der Waals surface area (Å²) in [5.74, 6) is 2.56. The molecule has 0 aliphatic rings. The van der Waals surface area contributed by atoms with Crippen molar-refractivity contribution < 1.29 is 9.15 Å². The number of hydrogen-bond acceptors (Lipinski definition) is 3. The van der Waals surface area contributed by atoms with Crippen LogP contribution in [-0.2, 0) is 13.0 Å². The summed E-state index contributed by atoms with van der Waals surface area (Å²) in [5.41, 5.74) is 3.27. The molecular weight excluding hydrogens is 314 g/mol. The van der Waals surface area contributed by atoms with E-state index in [-0.39, 0.29) is 0 Å². The van der Waals surface area contributed by atoms with Gasteiger partial charge in [-0.15, -0.1) is 0 Å². The molecule has 1 heterocycles. The standard InChI is InChI=1S/C20H27N3O2/c1-15(2)13-22-20(21-10-9-18-6-5-11-25-18)23-14-17-8-7-16(3)12-19(17)24-4/h5-8,11-12H,1,9-10,13-14H2,2-4H3,(H2,21,22,23). The van der Waals surface area contributed by atoms with Crippen molar-refractivity contribution in [1.29, 1.82) is 0 Å². The van der Waals surface area contributed by atoms with E-state index in [0.29, 0.717) is 13.1 Å². The van der Waals surface area contributed by atoms with Crippen molar-refractivity contribution in [3.63, 3.8) is 0 Å². The number of methoxy groups -OCH3 is 1. The Balaban J connectivity index is 2.00. The average molecular weight is 341 g/mol. The Morgan fingerprint density at radius 1 is 1.28 bits per heavy atom. The highest BCUT2D eigenvalue weighted by Crippen LogP contribution is 2.20. The zero-order valence-corrected chi connectivity index (χ0v) is 15.3. The molecule has 0 unspecified atom stereocenters. The molecule has 0 amide bonds. The van der Waals surface area contributed by atoms with Gasteiger partial charge in [-0.1, -0.05) is 24.3 Å². The van der Waals surface area contributed by atoms with Crippen LogP contribution >= 0.6 is 0 Å². The molecular formula is C20H27N3O2. The minimum absolute atomic E-state index is 0.537. The molecule has 2 aromatic rings. The summed E-state index contributed by atoms with van der Waals surface area (Å²) in [4.78, 5) is 4.67. The second-order valence-corrected chi connectivity index (χ2v) is 6.05. The molecule has 0 saturated carbocycles. The lowest BCUT2D eigenvalue weighted by Crippen LogP contribution is -2.39. The quantitative estimate of drug-likeness (QED) is 0.439. The van der Waals surface area contributed by atoms with Crippen LogP contribution in [0.25, 0.3) is 0 Å². The molecule has 0 fully saturated rings. The van der Waals surface area contributed by atoms with E-state index >= 15 is 0 Å². The maximum Gasteiger partial charge on any atom is 0.191 e. The Morgan fingerprint density at radius 2 is 2.12 bits per heavy atom. The van der Waals surface area contributed by atoms with Crippen molar-refractivity contribution in [1.82, 2.24) is 10.6 Å². The monoisotopic (exact) mass is 341 g/mol. The Labute approximate surface area is 149 Å². The summed E-state index contributed by atoms with van der Waals surface area (Å²) in [5, 5.41) is 6.62. The Bertz CT molecular complexity index is 706. The third-order valence-electron chi connectivity index (χ3n) is 3.65. The summed E-state index contributed by atoms with van der Waals surface area (Å²) in [6.07, 6.45) is 2.49. The molecule has 25 heavy (non-hydrogen) atoms. The van der Waals surface area contributed by atoms with E-state index in [1.807, 2.05) is 32.0 Å². The number of aryl methyl sites for hydroxylation is 1.